The van der Waals surface area contributed by atoms with E-state index in [0.717, 1.165) is 39.3 Å². The zero-order valence-corrected chi connectivity index (χ0v) is 19.7. The number of hydrogen-bond donors (Lipinski definition) is 0. The van der Waals surface area contributed by atoms with E-state index < -0.39 is 10.0 Å². The molecule has 0 amide bonds. The third kappa shape index (κ3) is 4.26. The highest BCUT2D eigenvalue weighted by molar-refractivity contribution is 9.10. The molecule has 4 rings (SSSR count). The Bertz CT molecular complexity index is 1140. The molecule has 0 unspecified atom stereocenters. The molecule has 0 spiro atoms. The van der Waals surface area contributed by atoms with Crippen molar-refractivity contribution in [3.8, 4) is 0 Å². The van der Waals surface area contributed by atoms with E-state index in [9.17, 15) is 8.42 Å². The summed E-state index contributed by atoms with van der Waals surface area (Å²) in [6.07, 6.45) is 1.86. The molecule has 0 atom stereocenters. The molecule has 0 bridgehead atoms. The Kier molecular flexibility index (Phi) is 6.06. The summed E-state index contributed by atoms with van der Waals surface area (Å²) in [5.41, 5.74) is 2.91. The van der Waals surface area contributed by atoms with Gasteiger partial charge in [0.1, 0.15) is 0 Å². The van der Waals surface area contributed by atoms with Crippen LogP contribution < -0.4 is 0 Å². The largest absolute Gasteiger partial charge is 0.316 e. The number of rotatable bonds is 6. The molecule has 5 nitrogen and oxygen atoms in total. The summed E-state index contributed by atoms with van der Waals surface area (Å²) in [5, 5.41) is 0.908. The van der Waals surface area contributed by atoms with Gasteiger partial charge in [-0.15, -0.1) is 0 Å². The van der Waals surface area contributed by atoms with Gasteiger partial charge in [-0.1, -0.05) is 39.8 Å². The first kappa shape index (κ1) is 20.9. The highest BCUT2D eigenvalue weighted by Gasteiger charge is 2.28. The van der Waals surface area contributed by atoms with Crippen LogP contribution >= 0.6 is 27.7 Å². The summed E-state index contributed by atoms with van der Waals surface area (Å²) in [7, 11) is -3.44. The minimum Gasteiger partial charge on any atom is -0.316 e. The number of halogens is 1. The number of hydrogen-bond acceptors (Lipinski definition) is 4. The number of benzene rings is 2. The average Bonchev–Trinajstić information content (AvgIpc) is 3.34. The molecule has 0 aliphatic carbocycles. The minimum absolute atomic E-state index is 0.228. The van der Waals surface area contributed by atoms with Crippen LogP contribution in [0.25, 0.3) is 11.0 Å². The molecule has 2 aromatic carbocycles. The molecule has 3 aromatic rings. The van der Waals surface area contributed by atoms with Gasteiger partial charge < -0.3 is 4.57 Å². The van der Waals surface area contributed by atoms with Crippen molar-refractivity contribution in [2.45, 2.75) is 48.5 Å². The molecule has 0 saturated carbocycles. The molecule has 0 radical (unpaired) electrons. The lowest BCUT2D eigenvalue weighted by molar-refractivity contribution is 0.477. The fourth-order valence-electron chi connectivity index (χ4n) is 3.67. The second-order valence-corrected chi connectivity index (χ2v) is 11.3. The standard InChI is InChI=1S/C21H24BrN3O2S2/c1-15(2)25-20-9-8-18(29(26,27)24-10-3-4-11-24)13-19(20)23-21(25)28-14-16-6-5-7-17(22)12-16/h5-9,12-13,15H,3-4,10-11,14H2,1-2H3. The van der Waals surface area contributed by atoms with Crippen LogP contribution in [0.5, 0.6) is 0 Å². The number of aromatic nitrogens is 2. The maximum atomic E-state index is 12.9. The Morgan fingerprint density at radius 2 is 1.90 bits per heavy atom. The first-order valence-corrected chi connectivity index (χ1v) is 13.0. The fraction of sp³-hybridized carbons (Fsp3) is 0.381. The number of sulfonamides is 1. The number of nitrogens with zero attached hydrogens (tertiary/aromatic N) is 3. The van der Waals surface area contributed by atoms with E-state index in [4.69, 9.17) is 4.98 Å². The summed E-state index contributed by atoms with van der Waals surface area (Å²) in [6, 6.07) is 13.8. The van der Waals surface area contributed by atoms with Gasteiger partial charge in [-0.25, -0.2) is 13.4 Å². The summed E-state index contributed by atoms with van der Waals surface area (Å²) in [6.45, 7) is 5.46. The molecule has 1 saturated heterocycles. The Morgan fingerprint density at radius 3 is 2.59 bits per heavy atom. The Morgan fingerprint density at radius 1 is 1.14 bits per heavy atom. The van der Waals surface area contributed by atoms with E-state index in [0.29, 0.717) is 18.0 Å². The van der Waals surface area contributed by atoms with Gasteiger partial charge in [0.05, 0.1) is 15.9 Å². The molecule has 0 N–H and O–H groups in total. The maximum Gasteiger partial charge on any atom is 0.243 e. The van der Waals surface area contributed by atoms with Crippen molar-refractivity contribution in [1.29, 1.82) is 0 Å². The maximum absolute atomic E-state index is 12.9. The van der Waals surface area contributed by atoms with Gasteiger partial charge in [0, 0.05) is 29.4 Å². The van der Waals surface area contributed by atoms with Gasteiger partial charge in [0.15, 0.2) is 5.16 Å². The van der Waals surface area contributed by atoms with Crippen molar-refractivity contribution in [3.63, 3.8) is 0 Å². The lowest BCUT2D eigenvalue weighted by atomic mass is 10.2. The number of fused-ring (bicyclic) bond motifs is 1. The molecule has 1 aromatic heterocycles. The highest BCUT2D eigenvalue weighted by atomic mass is 79.9. The van der Waals surface area contributed by atoms with Crippen LogP contribution in [0, 0.1) is 0 Å². The van der Waals surface area contributed by atoms with Gasteiger partial charge in [-0.05, 0) is 62.6 Å². The third-order valence-corrected chi connectivity index (χ3v) is 8.52. The van der Waals surface area contributed by atoms with Crippen LogP contribution in [-0.4, -0.2) is 35.4 Å². The van der Waals surface area contributed by atoms with Gasteiger partial charge in [-0.3, -0.25) is 0 Å². The lowest BCUT2D eigenvalue weighted by Gasteiger charge is -2.16. The van der Waals surface area contributed by atoms with E-state index in [1.165, 1.54) is 5.56 Å². The monoisotopic (exact) mass is 493 g/mol. The first-order chi connectivity index (χ1) is 13.9. The Hall–Kier alpha value is -1.35. The zero-order valence-electron chi connectivity index (χ0n) is 16.5. The van der Waals surface area contributed by atoms with Crippen molar-refractivity contribution < 1.29 is 8.42 Å². The summed E-state index contributed by atoms with van der Waals surface area (Å²) < 4.78 is 30.7. The molecule has 154 valence electrons. The SMILES string of the molecule is CC(C)n1c(SCc2cccc(Br)c2)nc2cc(S(=O)(=O)N3CCCC3)ccc21. The topological polar surface area (TPSA) is 55.2 Å². The quantitative estimate of drug-likeness (QED) is 0.428. The highest BCUT2D eigenvalue weighted by Crippen LogP contribution is 2.32. The lowest BCUT2D eigenvalue weighted by Crippen LogP contribution is -2.27. The van der Waals surface area contributed by atoms with Crippen LogP contribution in [0.3, 0.4) is 0 Å². The molecular formula is C21H24BrN3O2S2. The summed E-state index contributed by atoms with van der Waals surface area (Å²) in [4.78, 5) is 5.14. The van der Waals surface area contributed by atoms with Gasteiger partial charge in [0.25, 0.3) is 0 Å². The molecule has 1 aliphatic heterocycles. The van der Waals surface area contributed by atoms with Crippen LogP contribution in [0.2, 0.25) is 0 Å². The predicted octanol–water partition coefficient (Wildman–Crippen LogP) is 5.46. The fourth-order valence-corrected chi connectivity index (χ4v) is 6.74. The zero-order chi connectivity index (χ0) is 20.6. The Balaban J connectivity index is 1.68. The van der Waals surface area contributed by atoms with Crippen molar-refractivity contribution >= 4 is 48.7 Å². The van der Waals surface area contributed by atoms with E-state index in [2.05, 4.69) is 46.5 Å². The second-order valence-electron chi connectivity index (χ2n) is 7.54. The van der Waals surface area contributed by atoms with E-state index in [-0.39, 0.29) is 6.04 Å². The normalized spacial score (nSPS) is 15.6. The first-order valence-electron chi connectivity index (χ1n) is 9.75. The van der Waals surface area contributed by atoms with Crippen molar-refractivity contribution in [1.82, 2.24) is 13.9 Å². The molecular weight excluding hydrogens is 470 g/mol. The van der Waals surface area contributed by atoms with Crippen molar-refractivity contribution in [2.24, 2.45) is 0 Å². The molecule has 2 heterocycles. The smallest absolute Gasteiger partial charge is 0.243 e. The van der Waals surface area contributed by atoms with Gasteiger partial charge in [0.2, 0.25) is 10.0 Å². The molecule has 1 fully saturated rings. The van der Waals surface area contributed by atoms with Crippen LogP contribution in [0.1, 0.15) is 38.3 Å². The molecule has 29 heavy (non-hydrogen) atoms. The second kappa shape index (κ2) is 8.41. The predicted molar refractivity (Wildman–Crippen MR) is 122 cm³/mol. The molecule has 8 heteroatoms. The van der Waals surface area contributed by atoms with E-state index in [1.54, 1.807) is 28.2 Å². The van der Waals surface area contributed by atoms with Crippen LogP contribution in [0.4, 0.5) is 0 Å². The Labute approximate surface area is 184 Å². The van der Waals surface area contributed by atoms with Crippen molar-refractivity contribution in [3.05, 3.63) is 52.5 Å². The number of imidazole rings is 1. The van der Waals surface area contributed by atoms with Gasteiger partial charge in [-0.2, -0.15) is 4.31 Å². The van der Waals surface area contributed by atoms with E-state index >= 15 is 0 Å². The number of thioether (sulfide) groups is 1. The van der Waals surface area contributed by atoms with Crippen LogP contribution in [-0.2, 0) is 15.8 Å². The molecule has 1 aliphatic rings. The third-order valence-electron chi connectivity index (χ3n) is 5.10. The minimum atomic E-state index is -3.44. The van der Waals surface area contributed by atoms with Crippen LogP contribution in [0.15, 0.2) is 57.0 Å². The average molecular weight is 494 g/mol. The van der Waals surface area contributed by atoms with E-state index in [1.807, 2.05) is 18.2 Å². The van der Waals surface area contributed by atoms with Crippen molar-refractivity contribution in [2.75, 3.05) is 13.1 Å². The summed E-state index contributed by atoms with van der Waals surface area (Å²) >= 11 is 5.19. The summed E-state index contributed by atoms with van der Waals surface area (Å²) in [5.74, 6) is 0.800. The van der Waals surface area contributed by atoms with Gasteiger partial charge >= 0.3 is 0 Å².